The van der Waals surface area contributed by atoms with Crippen LogP contribution in [0.15, 0.2) is 54.1 Å². The summed E-state index contributed by atoms with van der Waals surface area (Å²) in [6, 6.07) is 15.9. The van der Waals surface area contributed by atoms with Gasteiger partial charge in [0.15, 0.2) is 0 Å². The SMILES string of the molecule is CCC1=C(CC)C(O)(c2ccccc2)c2ccc(OC)cc21. The molecule has 0 saturated heterocycles. The predicted octanol–water partition coefficient (Wildman–Crippen LogP) is 4.52. The molecule has 1 aliphatic rings. The Hall–Kier alpha value is -2.06. The van der Waals surface area contributed by atoms with Crippen molar-refractivity contribution in [2.75, 3.05) is 7.11 Å². The topological polar surface area (TPSA) is 29.5 Å². The lowest BCUT2D eigenvalue weighted by Gasteiger charge is -2.28. The van der Waals surface area contributed by atoms with Gasteiger partial charge in [0, 0.05) is 5.56 Å². The maximum atomic E-state index is 11.6. The lowest BCUT2D eigenvalue weighted by Crippen LogP contribution is -2.27. The zero-order valence-electron chi connectivity index (χ0n) is 13.4. The molecule has 0 saturated carbocycles. The number of allylic oxidation sites excluding steroid dienone is 1. The Morgan fingerprint density at radius 2 is 1.73 bits per heavy atom. The molecule has 3 rings (SSSR count). The summed E-state index contributed by atoms with van der Waals surface area (Å²) in [5.74, 6) is 0.831. The van der Waals surface area contributed by atoms with Gasteiger partial charge in [-0.05, 0) is 47.2 Å². The Morgan fingerprint density at radius 1 is 1.00 bits per heavy atom. The molecule has 1 aliphatic carbocycles. The van der Waals surface area contributed by atoms with Crippen LogP contribution in [-0.4, -0.2) is 12.2 Å². The fourth-order valence-corrected chi connectivity index (χ4v) is 3.64. The van der Waals surface area contributed by atoms with Gasteiger partial charge in [0.05, 0.1) is 7.11 Å². The molecule has 0 aromatic heterocycles. The van der Waals surface area contributed by atoms with Crippen molar-refractivity contribution in [2.24, 2.45) is 0 Å². The van der Waals surface area contributed by atoms with Crippen LogP contribution in [0.1, 0.15) is 43.4 Å². The van der Waals surface area contributed by atoms with E-state index in [0.29, 0.717) is 0 Å². The number of hydrogen-bond acceptors (Lipinski definition) is 2. The molecule has 0 spiro atoms. The van der Waals surface area contributed by atoms with Crippen LogP contribution in [0, 0.1) is 0 Å². The van der Waals surface area contributed by atoms with Gasteiger partial charge in [-0.25, -0.2) is 0 Å². The minimum Gasteiger partial charge on any atom is -0.497 e. The van der Waals surface area contributed by atoms with E-state index in [2.05, 4.69) is 13.8 Å². The molecule has 114 valence electrons. The van der Waals surface area contributed by atoms with E-state index in [4.69, 9.17) is 4.74 Å². The third kappa shape index (κ3) is 1.98. The van der Waals surface area contributed by atoms with Gasteiger partial charge in [-0.3, -0.25) is 0 Å². The van der Waals surface area contributed by atoms with E-state index in [1.54, 1.807) is 7.11 Å². The quantitative estimate of drug-likeness (QED) is 0.898. The second-order valence-electron chi connectivity index (χ2n) is 5.65. The van der Waals surface area contributed by atoms with E-state index in [0.717, 1.165) is 40.9 Å². The van der Waals surface area contributed by atoms with Crippen LogP contribution < -0.4 is 4.74 Å². The molecule has 0 aliphatic heterocycles. The first-order chi connectivity index (χ1) is 10.7. The summed E-state index contributed by atoms with van der Waals surface area (Å²) in [5, 5.41) is 11.6. The van der Waals surface area contributed by atoms with Gasteiger partial charge in [-0.2, -0.15) is 0 Å². The third-order valence-electron chi connectivity index (χ3n) is 4.64. The monoisotopic (exact) mass is 294 g/mol. The second-order valence-corrected chi connectivity index (χ2v) is 5.65. The van der Waals surface area contributed by atoms with Gasteiger partial charge in [0.25, 0.3) is 0 Å². The Morgan fingerprint density at radius 3 is 2.32 bits per heavy atom. The molecule has 2 aromatic rings. The van der Waals surface area contributed by atoms with Crippen LogP contribution in [0.3, 0.4) is 0 Å². The summed E-state index contributed by atoms with van der Waals surface area (Å²) >= 11 is 0. The number of hydrogen-bond donors (Lipinski definition) is 1. The highest BCUT2D eigenvalue weighted by molar-refractivity contribution is 5.82. The van der Waals surface area contributed by atoms with Crippen molar-refractivity contribution >= 4 is 5.57 Å². The predicted molar refractivity (Wildman–Crippen MR) is 89.9 cm³/mol. The van der Waals surface area contributed by atoms with Crippen LogP contribution in [0.5, 0.6) is 5.75 Å². The Bertz CT molecular complexity index is 716. The lowest BCUT2D eigenvalue weighted by molar-refractivity contribution is 0.121. The molecule has 2 nitrogen and oxygen atoms in total. The average Bonchev–Trinajstić information content (AvgIpc) is 2.83. The number of benzene rings is 2. The normalized spacial score (nSPS) is 20.2. The molecule has 0 fully saturated rings. The molecule has 0 bridgehead atoms. The number of aliphatic hydroxyl groups is 1. The van der Waals surface area contributed by atoms with E-state index in [-0.39, 0.29) is 0 Å². The molecule has 2 heteroatoms. The second kappa shape index (κ2) is 5.62. The van der Waals surface area contributed by atoms with Crippen molar-refractivity contribution in [3.05, 3.63) is 70.8 Å². The highest BCUT2D eigenvalue weighted by Crippen LogP contribution is 2.51. The summed E-state index contributed by atoms with van der Waals surface area (Å²) in [5.41, 5.74) is 4.33. The first kappa shape index (κ1) is 14.9. The highest BCUT2D eigenvalue weighted by atomic mass is 16.5. The van der Waals surface area contributed by atoms with Crippen LogP contribution in [-0.2, 0) is 5.60 Å². The molecule has 1 unspecified atom stereocenters. The Labute approximate surface area is 132 Å². The van der Waals surface area contributed by atoms with Gasteiger partial charge >= 0.3 is 0 Å². The van der Waals surface area contributed by atoms with Gasteiger partial charge in [0.1, 0.15) is 11.4 Å². The van der Waals surface area contributed by atoms with Crippen molar-refractivity contribution < 1.29 is 9.84 Å². The molecule has 0 heterocycles. The van der Waals surface area contributed by atoms with E-state index in [1.807, 2.05) is 48.5 Å². The van der Waals surface area contributed by atoms with Crippen molar-refractivity contribution in [2.45, 2.75) is 32.3 Å². The summed E-state index contributed by atoms with van der Waals surface area (Å²) in [6.45, 7) is 4.26. The average molecular weight is 294 g/mol. The summed E-state index contributed by atoms with van der Waals surface area (Å²) in [6.07, 6.45) is 1.73. The molecule has 0 amide bonds. The van der Waals surface area contributed by atoms with Crippen molar-refractivity contribution in [3.8, 4) is 5.75 Å². The maximum Gasteiger partial charge on any atom is 0.137 e. The third-order valence-corrected chi connectivity index (χ3v) is 4.64. The fraction of sp³-hybridized carbons (Fsp3) is 0.300. The highest BCUT2D eigenvalue weighted by Gasteiger charge is 2.43. The van der Waals surface area contributed by atoms with Gasteiger partial charge in [-0.15, -0.1) is 0 Å². The summed E-state index contributed by atoms with van der Waals surface area (Å²) in [7, 11) is 1.68. The van der Waals surface area contributed by atoms with Crippen LogP contribution in [0.25, 0.3) is 5.57 Å². The standard InChI is InChI=1S/C20H22O2/c1-4-16-17-13-15(22-3)11-12-19(17)20(21,18(16)5-2)14-9-7-6-8-10-14/h6-13,21H,4-5H2,1-3H3. The minimum absolute atomic E-state index is 0.825. The van der Waals surface area contributed by atoms with Crippen LogP contribution in [0.2, 0.25) is 0 Å². The van der Waals surface area contributed by atoms with Gasteiger partial charge in [0.2, 0.25) is 0 Å². The van der Waals surface area contributed by atoms with Crippen LogP contribution >= 0.6 is 0 Å². The number of fused-ring (bicyclic) bond motifs is 1. The summed E-state index contributed by atoms with van der Waals surface area (Å²) in [4.78, 5) is 0. The molecule has 1 N–H and O–H groups in total. The van der Waals surface area contributed by atoms with E-state index >= 15 is 0 Å². The number of rotatable bonds is 4. The van der Waals surface area contributed by atoms with Gasteiger partial charge in [-0.1, -0.05) is 50.2 Å². The largest absolute Gasteiger partial charge is 0.497 e. The van der Waals surface area contributed by atoms with Crippen molar-refractivity contribution in [1.82, 2.24) is 0 Å². The number of ether oxygens (including phenoxy) is 1. The molecule has 0 radical (unpaired) electrons. The van der Waals surface area contributed by atoms with Gasteiger partial charge < -0.3 is 9.84 Å². The molecular weight excluding hydrogens is 272 g/mol. The zero-order valence-corrected chi connectivity index (χ0v) is 13.4. The maximum absolute atomic E-state index is 11.6. The van der Waals surface area contributed by atoms with Crippen LogP contribution in [0.4, 0.5) is 0 Å². The minimum atomic E-state index is -1.02. The van der Waals surface area contributed by atoms with Crippen molar-refractivity contribution in [1.29, 1.82) is 0 Å². The molecule has 1 atom stereocenters. The fourth-order valence-electron chi connectivity index (χ4n) is 3.64. The molecular formula is C20H22O2. The first-order valence-electron chi connectivity index (χ1n) is 7.86. The van der Waals surface area contributed by atoms with Crippen molar-refractivity contribution in [3.63, 3.8) is 0 Å². The first-order valence-corrected chi connectivity index (χ1v) is 7.86. The Kier molecular flexibility index (Phi) is 3.79. The van der Waals surface area contributed by atoms with E-state index in [9.17, 15) is 5.11 Å². The molecule has 2 aromatic carbocycles. The number of methoxy groups -OCH3 is 1. The van der Waals surface area contributed by atoms with E-state index < -0.39 is 5.60 Å². The lowest BCUT2D eigenvalue weighted by atomic mass is 9.82. The Balaban J connectivity index is 2.30. The zero-order chi connectivity index (χ0) is 15.7. The van der Waals surface area contributed by atoms with E-state index in [1.165, 1.54) is 5.57 Å². The smallest absolute Gasteiger partial charge is 0.137 e. The molecule has 22 heavy (non-hydrogen) atoms. The summed E-state index contributed by atoms with van der Waals surface area (Å²) < 4.78 is 5.37.